The number of hydrogen-bond donors (Lipinski definition) is 1. The largest absolute Gasteiger partial charge is 0.478 e. The van der Waals surface area contributed by atoms with Gasteiger partial charge in [0.1, 0.15) is 0 Å². The van der Waals surface area contributed by atoms with Gasteiger partial charge in [0.05, 0.1) is 0 Å². The molecule has 3 heteroatoms. The van der Waals surface area contributed by atoms with Crippen molar-refractivity contribution in [1.82, 2.24) is 4.57 Å². The van der Waals surface area contributed by atoms with E-state index in [9.17, 15) is 4.79 Å². The average molecular weight is 277 g/mol. The van der Waals surface area contributed by atoms with Crippen LogP contribution in [-0.4, -0.2) is 15.6 Å². The quantitative estimate of drug-likeness (QED) is 0.737. The van der Waals surface area contributed by atoms with Gasteiger partial charge in [0.25, 0.3) is 0 Å². The van der Waals surface area contributed by atoms with Gasteiger partial charge in [0.15, 0.2) is 0 Å². The second-order valence-corrected chi connectivity index (χ2v) is 4.92. The number of hydrogen-bond acceptors (Lipinski definition) is 1. The molecule has 104 valence electrons. The van der Waals surface area contributed by atoms with E-state index in [1.807, 2.05) is 36.4 Å². The van der Waals surface area contributed by atoms with Gasteiger partial charge in [-0.3, -0.25) is 0 Å². The monoisotopic (exact) mass is 277 g/mol. The molecule has 0 saturated carbocycles. The highest BCUT2D eigenvalue weighted by Gasteiger charge is 2.02. The highest BCUT2D eigenvalue weighted by atomic mass is 16.4. The Hall–Kier alpha value is -2.81. The van der Waals surface area contributed by atoms with Crippen molar-refractivity contribution >= 4 is 22.9 Å². The molecule has 0 amide bonds. The molecule has 0 fully saturated rings. The first-order valence-corrected chi connectivity index (χ1v) is 6.76. The molecule has 0 aliphatic rings. The minimum atomic E-state index is -0.935. The molecule has 0 aliphatic carbocycles. The smallest absolute Gasteiger partial charge is 0.328 e. The van der Waals surface area contributed by atoms with Crippen LogP contribution >= 0.6 is 0 Å². The van der Waals surface area contributed by atoms with E-state index >= 15 is 0 Å². The maximum Gasteiger partial charge on any atom is 0.328 e. The van der Waals surface area contributed by atoms with E-state index in [1.54, 1.807) is 6.08 Å². The second kappa shape index (κ2) is 5.67. The molecule has 2 aromatic carbocycles. The number of nitrogens with zero attached hydrogens (tertiary/aromatic N) is 1. The van der Waals surface area contributed by atoms with Crippen LogP contribution in [0.1, 0.15) is 11.1 Å². The van der Waals surface area contributed by atoms with Gasteiger partial charge in [-0.15, -0.1) is 0 Å². The summed E-state index contributed by atoms with van der Waals surface area (Å²) in [6, 6.07) is 18.3. The van der Waals surface area contributed by atoms with Crippen molar-refractivity contribution < 1.29 is 9.90 Å². The molecule has 0 aliphatic heterocycles. The summed E-state index contributed by atoms with van der Waals surface area (Å²) in [6.45, 7) is 0.802. The summed E-state index contributed by atoms with van der Waals surface area (Å²) in [7, 11) is 0. The van der Waals surface area contributed by atoms with Gasteiger partial charge in [0.2, 0.25) is 0 Å². The molecule has 1 heterocycles. The Morgan fingerprint density at radius 2 is 1.90 bits per heavy atom. The summed E-state index contributed by atoms with van der Waals surface area (Å²) in [6.07, 6.45) is 4.83. The Labute approximate surface area is 122 Å². The van der Waals surface area contributed by atoms with Crippen molar-refractivity contribution in [3.63, 3.8) is 0 Å². The van der Waals surface area contributed by atoms with E-state index < -0.39 is 5.97 Å². The number of rotatable bonds is 4. The molecular formula is C18H15NO2. The topological polar surface area (TPSA) is 42.2 Å². The first-order valence-electron chi connectivity index (χ1n) is 6.76. The molecule has 3 aromatic rings. The summed E-state index contributed by atoms with van der Waals surface area (Å²) in [5.41, 5.74) is 3.23. The molecule has 1 N–H and O–H groups in total. The molecule has 3 nitrogen and oxygen atoms in total. The number of aromatic nitrogens is 1. The first-order chi connectivity index (χ1) is 10.2. The van der Waals surface area contributed by atoms with Crippen LogP contribution in [0.2, 0.25) is 0 Å². The number of carbonyl (C=O) groups is 1. The molecule has 0 unspecified atom stereocenters. The predicted octanol–water partition coefficient (Wildman–Crippen LogP) is 3.79. The zero-order chi connectivity index (χ0) is 14.7. The maximum absolute atomic E-state index is 10.6. The van der Waals surface area contributed by atoms with E-state index in [0.29, 0.717) is 0 Å². The lowest BCUT2D eigenvalue weighted by atomic mass is 10.1. The van der Waals surface area contributed by atoms with Crippen LogP contribution in [0.15, 0.2) is 66.9 Å². The zero-order valence-corrected chi connectivity index (χ0v) is 11.4. The SMILES string of the molecule is O=C(O)C=Cc1ccc2ccn(Cc3ccccc3)c2c1. The van der Waals surface area contributed by atoms with Gasteiger partial charge in [-0.1, -0.05) is 42.5 Å². The van der Waals surface area contributed by atoms with E-state index in [-0.39, 0.29) is 0 Å². The number of carboxylic acid groups (broad SMARTS) is 1. The lowest BCUT2D eigenvalue weighted by Crippen LogP contribution is -1.97. The maximum atomic E-state index is 10.6. The van der Waals surface area contributed by atoms with Crippen LogP contribution < -0.4 is 0 Å². The van der Waals surface area contributed by atoms with Gasteiger partial charge < -0.3 is 9.67 Å². The van der Waals surface area contributed by atoms with E-state index in [2.05, 4.69) is 29.0 Å². The van der Waals surface area contributed by atoms with Crippen LogP contribution in [0.25, 0.3) is 17.0 Å². The van der Waals surface area contributed by atoms with Crippen molar-refractivity contribution in [1.29, 1.82) is 0 Å². The van der Waals surface area contributed by atoms with Crippen LogP contribution in [0.4, 0.5) is 0 Å². The van der Waals surface area contributed by atoms with Gasteiger partial charge in [0, 0.05) is 24.3 Å². The molecule has 0 bridgehead atoms. The summed E-state index contributed by atoms with van der Waals surface area (Å²) < 4.78 is 2.17. The summed E-state index contributed by atoms with van der Waals surface area (Å²) in [5, 5.41) is 9.86. The molecule has 0 saturated heterocycles. The predicted molar refractivity (Wildman–Crippen MR) is 84.2 cm³/mol. The fourth-order valence-electron chi connectivity index (χ4n) is 2.39. The summed E-state index contributed by atoms with van der Waals surface area (Å²) in [5.74, 6) is -0.935. The fourth-order valence-corrected chi connectivity index (χ4v) is 2.39. The molecule has 0 spiro atoms. The molecule has 1 aromatic heterocycles. The average Bonchev–Trinajstić information content (AvgIpc) is 2.89. The van der Waals surface area contributed by atoms with Crippen molar-refractivity contribution in [3.8, 4) is 0 Å². The fraction of sp³-hybridized carbons (Fsp3) is 0.0556. The third-order valence-corrected chi connectivity index (χ3v) is 3.41. The Balaban J connectivity index is 1.96. The number of benzene rings is 2. The van der Waals surface area contributed by atoms with Crippen LogP contribution in [0, 0.1) is 0 Å². The van der Waals surface area contributed by atoms with E-state index in [1.165, 1.54) is 5.56 Å². The van der Waals surface area contributed by atoms with E-state index in [4.69, 9.17) is 5.11 Å². The second-order valence-electron chi connectivity index (χ2n) is 4.92. The molecule has 3 rings (SSSR count). The number of fused-ring (bicyclic) bond motifs is 1. The summed E-state index contributed by atoms with van der Waals surface area (Å²) in [4.78, 5) is 10.6. The highest BCUT2D eigenvalue weighted by Crippen LogP contribution is 2.19. The van der Waals surface area contributed by atoms with Crippen molar-refractivity contribution in [2.24, 2.45) is 0 Å². The molecule has 21 heavy (non-hydrogen) atoms. The van der Waals surface area contributed by atoms with Crippen molar-refractivity contribution in [3.05, 3.63) is 78.0 Å². The van der Waals surface area contributed by atoms with Gasteiger partial charge in [-0.05, 0) is 34.7 Å². The Morgan fingerprint density at radius 1 is 1.10 bits per heavy atom. The zero-order valence-electron chi connectivity index (χ0n) is 11.4. The van der Waals surface area contributed by atoms with Crippen LogP contribution in [0.5, 0.6) is 0 Å². The minimum Gasteiger partial charge on any atom is -0.478 e. The Morgan fingerprint density at radius 3 is 2.67 bits per heavy atom. The Kier molecular flexibility index (Phi) is 3.56. The van der Waals surface area contributed by atoms with Crippen LogP contribution in [-0.2, 0) is 11.3 Å². The number of aliphatic carboxylic acids is 1. The highest BCUT2D eigenvalue weighted by molar-refractivity contribution is 5.87. The van der Waals surface area contributed by atoms with E-state index in [0.717, 1.165) is 29.1 Å². The van der Waals surface area contributed by atoms with Crippen molar-refractivity contribution in [2.75, 3.05) is 0 Å². The number of carboxylic acids is 1. The normalized spacial score (nSPS) is 11.2. The third kappa shape index (κ3) is 3.03. The van der Waals surface area contributed by atoms with Crippen molar-refractivity contribution in [2.45, 2.75) is 6.54 Å². The standard InChI is InChI=1S/C18H15NO2/c20-18(21)9-7-14-6-8-16-10-11-19(17(16)12-14)13-15-4-2-1-3-5-15/h1-12H,13H2,(H,20,21). The van der Waals surface area contributed by atoms with Crippen LogP contribution in [0.3, 0.4) is 0 Å². The Bertz CT molecular complexity index is 800. The molecule has 0 radical (unpaired) electrons. The lowest BCUT2D eigenvalue weighted by molar-refractivity contribution is -0.131. The lowest BCUT2D eigenvalue weighted by Gasteiger charge is -2.06. The van der Waals surface area contributed by atoms with Gasteiger partial charge in [-0.25, -0.2) is 4.79 Å². The third-order valence-electron chi connectivity index (χ3n) is 3.41. The molecular weight excluding hydrogens is 262 g/mol. The molecule has 0 atom stereocenters. The van der Waals surface area contributed by atoms with Gasteiger partial charge in [-0.2, -0.15) is 0 Å². The minimum absolute atomic E-state index is 0.802. The first kappa shape index (κ1) is 13.2. The summed E-state index contributed by atoms with van der Waals surface area (Å²) >= 11 is 0. The van der Waals surface area contributed by atoms with Gasteiger partial charge >= 0.3 is 5.97 Å².